The van der Waals surface area contributed by atoms with Crippen LogP contribution in [0.2, 0.25) is 0 Å². The molecule has 0 saturated heterocycles. The van der Waals surface area contributed by atoms with Crippen molar-refractivity contribution in [2.75, 3.05) is 6.26 Å². The highest BCUT2D eigenvalue weighted by atomic mass is 32.2. The molecule has 1 rings (SSSR count). The topological polar surface area (TPSA) is 48.3 Å². The van der Waals surface area contributed by atoms with Gasteiger partial charge in [-0.25, -0.2) is 9.37 Å². The number of rotatable bonds is 2. The van der Waals surface area contributed by atoms with Gasteiger partial charge in [0, 0.05) is 11.8 Å². The average molecular weight is 254 g/mol. The highest BCUT2D eigenvalue weighted by Gasteiger charge is 2.35. The lowest BCUT2D eigenvalue weighted by molar-refractivity contribution is -0.143. The monoisotopic (exact) mass is 254 g/mol. The largest absolute Gasteiger partial charge is 0.592 e. The summed E-state index contributed by atoms with van der Waals surface area (Å²) in [6, 6.07) is 0.631. The Morgan fingerprint density at radius 3 is 2.56 bits per heavy atom. The Balaban J connectivity index is 3.00. The van der Waals surface area contributed by atoms with E-state index in [9.17, 15) is 22.1 Å². The predicted octanol–water partition coefficient (Wildman–Crippen LogP) is 1.95. The number of hydrogen-bond acceptors (Lipinski definition) is 3. The Morgan fingerprint density at radius 2 is 2.12 bits per heavy atom. The van der Waals surface area contributed by atoms with E-state index in [0.29, 0.717) is 6.07 Å². The summed E-state index contributed by atoms with van der Waals surface area (Å²) < 4.78 is 63.2. The Labute approximate surface area is 91.5 Å². The van der Waals surface area contributed by atoms with Crippen LogP contribution < -0.4 is 0 Å². The molecule has 0 bridgehead atoms. The molecule has 0 aliphatic carbocycles. The van der Waals surface area contributed by atoms with Crippen LogP contribution in [-0.2, 0) is 17.5 Å². The van der Waals surface area contributed by atoms with E-state index in [1.165, 1.54) is 6.26 Å². The second kappa shape index (κ2) is 4.79. The van der Waals surface area contributed by atoms with Gasteiger partial charge < -0.3 is 4.55 Å². The van der Waals surface area contributed by atoms with Crippen molar-refractivity contribution in [1.29, 1.82) is 0 Å². The van der Waals surface area contributed by atoms with Crippen molar-refractivity contribution < 1.29 is 22.1 Å². The molecule has 0 saturated carbocycles. The zero-order chi connectivity index (χ0) is 12.3. The first-order valence-electron chi connectivity index (χ1n) is 3.91. The predicted molar refractivity (Wildman–Crippen MR) is 50.9 cm³/mol. The highest BCUT2D eigenvalue weighted by molar-refractivity contribution is 7.89. The van der Waals surface area contributed by atoms with Gasteiger partial charge in [-0.2, -0.15) is 13.2 Å². The Hall–Kier alpha value is -1.15. The molecule has 0 aromatic carbocycles. The Kier molecular flexibility index (Phi) is 3.87. The molecule has 3 nitrogen and oxygen atoms in total. The fraction of sp³-hybridized carbons (Fsp3) is 0.250. The molecule has 1 atom stereocenters. The van der Waals surface area contributed by atoms with E-state index >= 15 is 0 Å². The van der Waals surface area contributed by atoms with Gasteiger partial charge in [0.25, 0.3) is 0 Å². The summed E-state index contributed by atoms with van der Waals surface area (Å²) in [5.41, 5.74) is -1.57. The van der Waals surface area contributed by atoms with Gasteiger partial charge in [0.15, 0.2) is 11.5 Å². The fourth-order valence-electron chi connectivity index (χ4n) is 0.867. The van der Waals surface area contributed by atoms with Crippen LogP contribution in [0.15, 0.2) is 16.7 Å². The van der Waals surface area contributed by atoms with E-state index < -0.39 is 29.0 Å². The maximum atomic E-state index is 13.0. The summed E-state index contributed by atoms with van der Waals surface area (Å²) in [6.07, 6.45) is -1.76. The minimum atomic E-state index is -4.83. The van der Waals surface area contributed by atoms with Gasteiger partial charge in [0.1, 0.15) is 6.26 Å². The minimum absolute atomic E-state index is 0.0145. The van der Waals surface area contributed by atoms with Gasteiger partial charge >= 0.3 is 6.18 Å². The van der Waals surface area contributed by atoms with Gasteiger partial charge in [-0.1, -0.05) is 4.40 Å². The molecular weight excluding hydrogens is 248 g/mol. The molecule has 16 heavy (non-hydrogen) atoms. The van der Waals surface area contributed by atoms with Crippen molar-refractivity contribution in [3.05, 3.63) is 29.3 Å². The van der Waals surface area contributed by atoms with Gasteiger partial charge in [0.2, 0.25) is 0 Å². The molecular formula is C8H6F4N2OS. The Morgan fingerprint density at radius 1 is 1.50 bits per heavy atom. The molecule has 0 radical (unpaired) electrons. The molecule has 0 aliphatic rings. The molecule has 0 amide bonds. The standard InChI is InChI=1S/C8H6F4N2OS/c1-16(15)14-4-5-2-6(9)7(13-3-5)8(10,11)12/h2-4H,1H3/b14-4+. The van der Waals surface area contributed by atoms with Crippen LogP contribution in [0.3, 0.4) is 0 Å². The summed E-state index contributed by atoms with van der Waals surface area (Å²) in [5, 5.41) is 0. The van der Waals surface area contributed by atoms with Crippen molar-refractivity contribution in [2.45, 2.75) is 6.18 Å². The van der Waals surface area contributed by atoms with Crippen molar-refractivity contribution in [3.8, 4) is 0 Å². The van der Waals surface area contributed by atoms with Crippen LogP contribution in [0.1, 0.15) is 11.3 Å². The SMILES string of the molecule is C[S+]([O-])/N=C/c1cnc(C(F)(F)F)c(F)c1. The van der Waals surface area contributed by atoms with Crippen molar-refractivity contribution >= 4 is 17.6 Å². The molecule has 0 aliphatic heterocycles. The lowest BCUT2D eigenvalue weighted by Gasteiger charge is -2.06. The van der Waals surface area contributed by atoms with Gasteiger partial charge in [-0.15, -0.1) is 0 Å². The van der Waals surface area contributed by atoms with Crippen LogP contribution in [0.4, 0.5) is 17.6 Å². The van der Waals surface area contributed by atoms with Crippen LogP contribution in [0.25, 0.3) is 0 Å². The molecule has 0 N–H and O–H groups in total. The summed E-state index contributed by atoms with van der Waals surface area (Å²) in [5.74, 6) is -1.49. The zero-order valence-electron chi connectivity index (χ0n) is 7.95. The Bertz CT molecular complexity index is 406. The van der Waals surface area contributed by atoms with E-state index in [0.717, 1.165) is 12.4 Å². The van der Waals surface area contributed by atoms with E-state index in [1.54, 1.807) is 0 Å². The maximum Gasteiger partial charge on any atom is 0.436 e. The second-order valence-corrected chi connectivity index (χ2v) is 3.81. The zero-order valence-corrected chi connectivity index (χ0v) is 8.77. The van der Waals surface area contributed by atoms with E-state index in [1.807, 2.05) is 0 Å². The van der Waals surface area contributed by atoms with Crippen LogP contribution in [-0.4, -0.2) is 22.0 Å². The lowest BCUT2D eigenvalue weighted by Crippen LogP contribution is -2.11. The average Bonchev–Trinajstić information content (AvgIpc) is 2.12. The number of pyridine rings is 1. The smallest absolute Gasteiger partial charge is 0.436 e. The molecule has 1 aromatic heterocycles. The van der Waals surface area contributed by atoms with E-state index in [-0.39, 0.29) is 5.56 Å². The lowest BCUT2D eigenvalue weighted by atomic mass is 10.2. The van der Waals surface area contributed by atoms with Gasteiger partial charge in [0.05, 0.1) is 17.6 Å². The molecule has 8 heteroatoms. The fourth-order valence-corrected chi connectivity index (χ4v) is 1.14. The van der Waals surface area contributed by atoms with Crippen LogP contribution in [0.5, 0.6) is 0 Å². The first-order chi connectivity index (χ1) is 7.30. The molecule has 1 unspecified atom stereocenters. The van der Waals surface area contributed by atoms with Gasteiger partial charge in [-0.05, 0) is 6.07 Å². The number of aromatic nitrogens is 1. The highest BCUT2D eigenvalue weighted by Crippen LogP contribution is 2.29. The molecule has 88 valence electrons. The third-order valence-corrected chi connectivity index (χ3v) is 1.88. The van der Waals surface area contributed by atoms with Crippen LogP contribution >= 0.6 is 0 Å². The van der Waals surface area contributed by atoms with Crippen LogP contribution in [0, 0.1) is 5.82 Å². The van der Waals surface area contributed by atoms with Crippen molar-refractivity contribution in [1.82, 2.24) is 4.98 Å². The quantitative estimate of drug-likeness (QED) is 0.460. The summed E-state index contributed by atoms with van der Waals surface area (Å²) in [7, 11) is 0. The molecule has 0 spiro atoms. The van der Waals surface area contributed by atoms with Crippen molar-refractivity contribution in [2.24, 2.45) is 4.40 Å². The first-order valence-corrected chi connectivity index (χ1v) is 5.42. The number of halogens is 4. The molecule has 1 heterocycles. The summed E-state index contributed by atoms with van der Waals surface area (Å²) in [6.45, 7) is 0. The maximum absolute atomic E-state index is 13.0. The van der Waals surface area contributed by atoms with Crippen molar-refractivity contribution in [3.63, 3.8) is 0 Å². The minimum Gasteiger partial charge on any atom is -0.592 e. The second-order valence-electron chi connectivity index (χ2n) is 2.76. The molecule has 0 fully saturated rings. The number of alkyl halides is 3. The van der Waals surface area contributed by atoms with Gasteiger partial charge in [-0.3, -0.25) is 0 Å². The number of hydrogen-bond donors (Lipinski definition) is 0. The van der Waals surface area contributed by atoms with E-state index in [2.05, 4.69) is 9.38 Å². The summed E-state index contributed by atoms with van der Waals surface area (Å²) in [4.78, 5) is 2.94. The third-order valence-electron chi connectivity index (χ3n) is 1.48. The number of nitrogens with zero attached hydrogens (tertiary/aromatic N) is 2. The molecule has 1 aromatic rings. The van der Waals surface area contributed by atoms with E-state index in [4.69, 9.17) is 0 Å². The normalized spacial score (nSPS) is 14.4. The summed E-state index contributed by atoms with van der Waals surface area (Å²) >= 11 is -1.50. The first kappa shape index (κ1) is 12.9. The third kappa shape index (κ3) is 3.46.